The molecule has 0 aromatic heterocycles. The highest BCUT2D eigenvalue weighted by Gasteiger charge is 2.38. The first-order chi connectivity index (χ1) is 38.7. The van der Waals surface area contributed by atoms with Crippen molar-refractivity contribution in [3.05, 3.63) is 295 Å². The fourth-order valence-electron chi connectivity index (χ4n) is 13.8. The molecule has 0 saturated heterocycles. The summed E-state index contributed by atoms with van der Waals surface area (Å²) in [6, 6.07) is 91.0. The third-order valence-corrected chi connectivity index (χ3v) is 17.6. The number of anilines is 6. The Labute approximate surface area is 463 Å². The molecule has 15 rings (SSSR count). The number of hydrogen-bond donors (Lipinski definition) is 0. The van der Waals surface area contributed by atoms with Crippen molar-refractivity contribution in [1.82, 2.24) is 0 Å². The Morgan fingerprint density at radius 1 is 0.291 bits per heavy atom. The normalized spacial score (nSPS) is 14.6. The lowest BCUT2D eigenvalue weighted by atomic mass is 9.80. The van der Waals surface area contributed by atoms with Gasteiger partial charge < -0.3 is 9.80 Å². The first-order valence-corrected chi connectivity index (χ1v) is 27.9. The SMILES string of the molecule is CC1(C)C2=C(C=CCC=C2)c2ccc(N(c3ccccc3)c3ccc4c(-c5cccc6ccccc56)c5cc(N(c6ccccc6)c6ccc7c(c6)C(C)(C)c6ccccc6-7)ccc5c(-c5cccc6ccccc56)c4c3)cc21. The van der Waals surface area contributed by atoms with Gasteiger partial charge >= 0.3 is 0 Å². The Morgan fingerprint density at radius 3 is 1.30 bits per heavy atom. The summed E-state index contributed by atoms with van der Waals surface area (Å²) in [4.78, 5) is 4.93. The molecule has 79 heavy (non-hydrogen) atoms. The molecule has 0 N–H and O–H groups in total. The van der Waals surface area contributed by atoms with Crippen LogP contribution in [0.1, 0.15) is 56.4 Å². The summed E-state index contributed by atoms with van der Waals surface area (Å²) in [7, 11) is 0. The van der Waals surface area contributed by atoms with Gasteiger partial charge in [0.1, 0.15) is 0 Å². The number of allylic oxidation sites excluding steroid dienone is 6. The number of hydrogen-bond acceptors (Lipinski definition) is 2. The van der Waals surface area contributed by atoms with Crippen molar-refractivity contribution in [1.29, 1.82) is 0 Å². The van der Waals surface area contributed by atoms with Crippen LogP contribution in [0.5, 0.6) is 0 Å². The molecule has 2 nitrogen and oxygen atoms in total. The van der Waals surface area contributed by atoms with E-state index < -0.39 is 0 Å². The van der Waals surface area contributed by atoms with E-state index in [1.807, 2.05) is 0 Å². The van der Waals surface area contributed by atoms with Crippen LogP contribution < -0.4 is 9.80 Å². The van der Waals surface area contributed by atoms with E-state index in [1.54, 1.807) is 0 Å². The van der Waals surface area contributed by atoms with E-state index >= 15 is 0 Å². The van der Waals surface area contributed by atoms with Crippen molar-refractivity contribution in [2.45, 2.75) is 44.9 Å². The highest BCUT2D eigenvalue weighted by Crippen LogP contribution is 2.54. The van der Waals surface area contributed by atoms with E-state index in [1.165, 1.54) is 110 Å². The van der Waals surface area contributed by atoms with E-state index in [0.717, 1.165) is 40.5 Å². The molecular formula is C77H58N2. The van der Waals surface area contributed by atoms with Gasteiger partial charge in [-0.3, -0.25) is 0 Å². The summed E-state index contributed by atoms with van der Waals surface area (Å²) in [5.74, 6) is 0. The summed E-state index contributed by atoms with van der Waals surface area (Å²) in [5, 5.41) is 9.68. The lowest BCUT2D eigenvalue weighted by Crippen LogP contribution is -2.17. The van der Waals surface area contributed by atoms with Crippen molar-refractivity contribution in [3.8, 4) is 33.4 Å². The largest absolute Gasteiger partial charge is 0.310 e. The summed E-state index contributed by atoms with van der Waals surface area (Å²) < 4.78 is 0. The Morgan fingerprint density at radius 2 is 0.722 bits per heavy atom. The van der Waals surface area contributed by atoms with E-state index in [-0.39, 0.29) is 10.8 Å². The second-order valence-corrected chi connectivity index (χ2v) is 22.7. The van der Waals surface area contributed by atoms with E-state index in [9.17, 15) is 0 Å². The first kappa shape index (κ1) is 46.8. The zero-order chi connectivity index (χ0) is 53.0. The minimum atomic E-state index is -0.163. The Kier molecular flexibility index (Phi) is 10.7. The van der Waals surface area contributed by atoms with Crippen LogP contribution in [0.2, 0.25) is 0 Å². The molecule has 376 valence electrons. The fourth-order valence-corrected chi connectivity index (χ4v) is 13.8. The molecule has 0 spiro atoms. The van der Waals surface area contributed by atoms with E-state index in [4.69, 9.17) is 0 Å². The lowest BCUT2D eigenvalue weighted by molar-refractivity contribution is 0.654. The predicted octanol–water partition coefficient (Wildman–Crippen LogP) is 21.4. The molecule has 0 saturated carbocycles. The second kappa shape index (κ2) is 18.0. The summed E-state index contributed by atoms with van der Waals surface area (Å²) in [6.45, 7) is 9.52. The van der Waals surface area contributed by atoms with E-state index in [0.29, 0.717) is 0 Å². The van der Waals surface area contributed by atoms with Crippen molar-refractivity contribution < 1.29 is 0 Å². The Bertz CT molecular complexity index is 4560. The van der Waals surface area contributed by atoms with Crippen LogP contribution in [0.3, 0.4) is 0 Å². The molecule has 0 aliphatic heterocycles. The quantitative estimate of drug-likeness (QED) is 0.140. The van der Waals surface area contributed by atoms with Gasteiger partial charge in [-0.05, 0) is 189 Å². The minimum Gasteiger partial charge on any atom is -0.310 e. The van der Waals surface area contributed by atoms with Gasteiger partial charge in [-0.25, -0.2) is 0 Å². The van der Waals surface area contributed by atoms with Crippen LogP contribution in [0.4, 0.5) is 34.1 Å². The topological polar surface area (TPSA) is 6.48 Å². The average Bonchev–Trinajstić information content (AvgIpc) is 3.92. The van der Waals surface area contributed by atoms with Gasteiger partial charge in [0.2, 0.25) is 0 Å². The molecule has 0 atom stereocenters. The monoisotopic (exact) mass is 1010 g/mol. The number of fused-ring (bicyclic) bond motifs is 9. The molecule has 0 heterocycles. The molecule has 12 aromatic carbocycles. The number of nitrogens with zero attached hydrogens (tertiary/aromatic N) is 2. The van der Waals surface area contributed by atoms with Gasteiger partial charge in [-0.15, -0.1) is 0 Å². The van der Waals surface area contributed by atoms with Gasteiger partial charge in [-0.1, -0.05) is 222 Å². The van der Waals surface area contributed by atoms with Crippen molar-refractivity contribution in [3.63, 3.8) is 0 Å². The standard InChI is InChI=1S/C77H58N2/c1-76(2)70-36-13-7-12-32-60(70)62-42-38-56(48-72(62)76)78(52-26-8-5-9-27-52)54-40-44-66-68(46-54)74(64-34-20-24-50-22-14-16-30-58(50)64)67-45-41-55(47-69(67)75(66)65-35-21-25-51-23-15-17-31-59(51)65)79(53-28-10-6-11-29-53)57-39-43-63-61-33-18-19-37-71(61)77(3,4)73(63)49-57/h5-6,8-49H,7H2,1-4H3. The van der Waals surface area contributed by atoms with Crippen molar-refractivity contribution in [2.75, 3.05) is 9.80 Å². The minimum absolute atomic E-state index is 0.154. The molecule has 12 aromatic rings. The molecule has 3 aliphatic carbocycles. The third-order valence-electron chi connectivity index (χ3n) is 17.6. The molecule has 0 amide bonds. The maximum absolute atomic E-state index is 2.49. The van der Waals surface area contributed by atoms with Gasteiger partial charge in [0.15, 0.2) is 0 Å². The highest BCUT2D eigenvalue weighted by atomic mass is 15.1. The van der Waals surface area contributed by atoms with Crippen LogP contribution in [0.15, 0.2) is 273 Å². The second-order valence-electron chi connectivity index (χ2n) is 22.7. The molecule has 0 fully saturated rings. The van der Waals surface area contributed by atoms with Crippen LogP contribution in [-0.2, 0) is 10.8 Å². The number of para-hydroxylation sites is 2. The van der Waals surface area contributed by atoms with Crippen LogP contribution in [0, 0.1) is 0 Å². The van der Waals surface area contributed by atoms with Gasteiger partial charge in [-0.2, -0.15) is 0 Å². The fraction of sp³-hybridized carbons (Fsp3) is 0.0909. The van der Waals surface area contributed by atoms with Gasteiger partial charge in [0, 0.05) is 45.0 Å². The van der Waals surface area contributed by atoms with Gasteiger partial charge in [0.25, 0.3) is 0 Å². The molecule has 2 heteroatoms. The molecule has 0 unspecified atom stereocenters. The maximum Gasteiger partial charge on any atom is 0.0468 e. The summed E-state index contributed by atoms with van der Waals surface area (Å²) >= 11 is 0. The van der Waals surface area contributed by atoms with E-state index in [2.05, 4.69) is 304 Å². The first-order valence-electron chi connectivity index (χ1n) is 27.9. The van der Waals surface area contributed by atoms with Crippen molar-refractivity contribution >= 4 is 82.8 Å². The molecule has 0 bridgehead atoms. The summed E-state index contributed by atoms with van der Waals surface area (Å²) in [6.07, 6.45) is 10.2. The maximum atomic E-state index is 2.49. The zero-order valence-electron chi connectivity index (χ0n) is 45.0. The zero-order valence-corrected chi connectivity index (χ0v) is 45.0. The Hall–Kier alpha value is -9.50. The van der Waals surface area contributed by atoms with Crippen molar-refractivity contribution in [2.24, 2.45) is 0 Å². The summed E-state index contributed by atoms with van der Waals surface area (Å²) in [5.41, 5.74) is 22.0. The third kappa shape index (κ3) is 7.31. The van der Waals surface area contributed by atoms with Crippen LogP contribution >= 0.6 is 0 Å². The lowest BCUT2D eigenvalue weighted by Gasteiger charge is -2.30. The average molecular weight is 1010 g/mol. The van der Waals surface area contributed by atoms with Crippen LogP contribution in [0.25, 0.3) is 82.0 Å². The molecule has 0 radical (unpaired) electrons. The molecule has 3 aliphatic rings. The molecular weight excluding hydrogens is 953 g/mol. The number of benzene rings is 12. The van der Waals surface area contributed by atoms with Gasteiger partial charge in [0.05, 0.1) is 0 Å². The highest BCUT2D eigenvalue weighted by molar-refractivity contribution is 6.26. The smallest absolute Gasteiger partial charge is 0.0468 e. The Balaban J connectivity index is 1.02. The predicted molar refractivity (Wildman–Crippen MR) is 337 cm³/mol. The number of rotatable bonds is 8. The van der Waals surface area contributed by atoms with Crippen LogP contribution in [-0.4, -0.2) is 0 Å².